The molecule has 193 valence electrons. The first kappa shape index (κ1) is 35.7. The first-order valence-corrected chi connectivity index (χ1v) is 14.9. The van der Waals surface area contributed by atoms with E-state index in [1.54, 1.807) is 22.3 Å². The van der Waals surface area contributed by atoms with Crippen molar-refractivity contribution < 1.29 is 51.0 Å². The Hall–Kier alpha value is -1.31. The molecule has 4 aromatic carbocycles. The molecule has 0 nitrogen and oxygen atoms in total. The minimum absolute atomic E-state index is 0. The molecule has 0 heterocycles. The topological polar surface area (TPSA) is 0 Å². The zero-order chi connectivity index (χ0) is 24.8. The molecule has 4 heteroatoms. The van der Waals surface area contributed by atoms with E-state index in [1.807, 2.05) is 6.07 Å². The Morgan fingerprint density at radius 3 is 1.84 bits per heavy atom. The quantitative estimate of drug-likeness (QED) is 0.232. The van der Waals surface area contributed by atoms with Crippen molar-refractivity contribution in [3.8, 4) is 0 Å². The Bertz CT molecular complexity index is 1260. The monoisotopic (exact) mass is 623 g/mol. The third-order valence-corrected chi connectivity index (χ3v) is 9.10. The van der Waals surface area contributed by atoms with Gasteiger partial charge in [0.15, 0.2) is 0 Å². The molecule has 0 aliphatic heterocycles. The van der Waals surface area contributed by atoms with Gasteiger partial charge in [-0.05, 0) is 44.4 Å². The molecule has 4 aromatic rings. The number of hydrogen-bond donors (Lipinski definition) is 0. The average Bonchev–Trinajstić information content (AvgIpc) is 3.38. The maximum atomic E-state index is 3.30. The second kappa shape index (κ2) is 16.6. The van der Waals surface area contributed by atoms with Crippen molar-refractivity contribution in [3.05, 3.63) is 113 Å². The molecule has 1 aliphatic rings. The molecule has 0 bridgehead atoms. The molecule has 0 aromatic heterocycles. The number of rotatable bonds is 2. The summed E-state index contributed by atoms with van der Waals surface area (Å²) in [7, 11) is -0.190. The van der Waals surface area contributed by atoms with E-state index >= 15 is 0 Å². The van der Waals surface area contributed by atoms with E-state index in [0.717, 1.165) is 5.54 Å². The summed E-state index contributed by atoms with van der Waals surface area (Å²) < 4.78 is 0. The van der Waals surface area contributed by atoms with E-state index in [2.05, 4.69) is 133 Å². The van der Waals surface area contributed by atoms with Gasteiger partial charge in [0.1, 0.15) is 0 Å². The van der Waals surface area contributed by atoms with Crippen LogP contribution in [0.2, 0.25) is 18.6 Å². The van der Waals surface area contributed by atoms with Crippen molar-refractivity contribution in [2.45, 2.75) is 66.1 Å². The van der Waals surface area contributed by atoms with Gasteiger partial charge in [0.2, 0.25) is 0 Å². The van der Waals surface area contributed by atoms with Crippen molar-refractivity contribution in [2.75, 3.05) is 0 Å². The number of benzene rings is 3. The second-order valence-electron chi connectivity index (χ2n) is 9.96. The van der Waals surface area contributed by atoms with Crippen molar-refractivity contribution in [1.82, 2.24) is 0 Å². The largest absolute Gasteiger partial charge is 4.00 e. The predicted octanol–water partition coefficient (Wildman–Crippen LogP) is 4.12. The molecule has 0 saturated carbocycles. The maximum absolute atomic E-state index is 3.30. The van der Waals surface area contributed by atoms with Crippen LogP contribution in [0, 0.1) is 6.07 Å². The maximum Gasteiger partial charge on any atom is 4.00 e. The molecule has 1 radical (unpaired) electrons. The summed E-state index contributed by atoms with van der Waals surface area (Å²) in [6.07, 6.45) is 0. The van der Waals surface area contributed by atoms with Crippen molar-refractivity contribution >= 4 is 30.3 Å². The zero-order valence-corrected chi connectivity index (χ0v) is 28.4. The van der Waals surface area contributed by atoms with Gasteiger partial charge in [-0.1, -0.05) is 62.2 Å². The molecule has 37 heavy (non-hydrogen) atoms. The predicted molar refractivity (Wildman–Crippen MR) is 154 cm³/mol. The van der Waals surface area contributed by atoms with Crippen LogP contribution in [0.25, 0.3) is 21.5 Å². The van der Waals surface area contributed by atoms with Gasteiger partial charge in [-0.3, -0.25) is 0 Å². The molecule has 0 amide bonds. The fourth-order valence-corrected chi connectivity index (χ4v) is 6.92. The van der Waals surface area contributed by atoms with E-state index in [-0.39, 0.29) is 59.8 Å². The average molecular weight is 626 g/mol. The molecule has 0 atom stereocenters. The van der Waals surface area contributed by atoms with Gasteiger partial charge < -0.3 is 24.8 Å². The molecule has 0 N–H and O–H groups in total. The van der Waals surface area contributed by atoms with Crippen LogP contribution >= 0.6 is 0 Å². The third kappa shape index (κ3) is 9.14. The molecule has 5 rings (SSSR count). The van der Waals surface area contributed by atoms with E-state index in [0.29, 0.717) is 5.92 Å². The fraction of sp³-hybridized carbons (Fsp3) is 0.303. The molecule has 0 saturated heterocycles. The SMILES string of the molecule is CC(C)c1c[c-]c2ccccc2c1.CC1=C(C)C([Si](C)C)C(C)=C1C.[Cl-].[Cl-].[Zr+4].c1ccc2[cH-]ccc2c1. The Labute approximate surface area is 258 Å². The van der Waals surface area contributed by atoms with Gasteiger partial charge in [-0.25, -0.2) is 0 Å². The summed E-state index contributed by atoms with van der Waals surface area (Å²) >= 11 is 0. The smallest absolute Gasteiger partial charge is 1.00 e. The molecule has 0 spiro atoms. The number of hydrogen-bond acceptors (Lipinski definition) is 0. The molecule has 0 fully saturated rings. The van der Waals surface area contributed by atoms with Crippen LogP contribution in [0.3, 0.4) is 0 Å². The van der Waals surface area contributed by atoms with Gasteiger partial charge in [0, 0.05) is 0 Å². The van der Waals surface area contributed by atoms with Crippen LogP contribution < -0.4 is 24.8 Å². The molecule has 0 unspecified atom stereocenters. The normalized spacial score (nSPS) is 12.9. The number of allylic oxidation sites excluding steroid dienone is 4. The van der Waals surface area contributed by atoms with Crippen LogP contribution in [0.1, 0.15) is 53.0 Å². The third-order valence-electron chi connectivity index (χ3n) is 7.08. The summed E-state index contributed by atoms with van der Waals surface area (Å²) in [5.41, 5.74) is 8.52. The Balaban J connectivity index is 0.000000511. The molecular weight excluding hydrogens is 587 g/mol. The Morgan fingerprint density at radius 1 is 0.784 bits per heavy atom. The van der Waals surface area contributed by atoms with Crippen LogP contribution in [0.5, 0.6) is 0 Å². The van der Waals surface area contributed by atoms with Gasteiger partial charge in [-0.15, -0.1) is 76.3 Å². The molecular formula is C33H39Cl2SiZr. The zero-order valence-electron chi connectivity index (χ0n) is 23.4. The van der Waals surface area contributed by atoms with Gasteiger partial charge in [0.05, 0.1) is 8.80 Å². The van der Waals surface area contributed by atoms with Crippen molar-refractivity contribution in [1.29, 1.82) is 0 Å². The summed E-state index contributed by atoms with van der Waals surface area (Å²) in [5, 5.41) is 5.15. The van der Waals surface area contributed by atoms with Crippen LogP contribution in [0.15, 0.2) is 101 Å². The first-order chi connectivity index (χ1) is 16.2. The van der Waals surface area contributed by atoms with Crippen LogP contribution in [-0.4, -0.2) is 8.80 Å². The van der Waals surface area contributed by atoms with Crippen molar-refractivity contribution in [2.24, 2.45) is 0 Å². The van der Waals surface area contributed by atoms with E-state index in [1.165, 1.54) is 27.1 Å². The Kier molecular flexibility index (Phi) is 16.0. The summed E-state index contributed by atoms with van der Waals surface area (Å²) in [6, 6.07) is 30.7. The van der Waals surface area contributed by atoms with Gasteiger partial charge >= 0.3 is 26.2 Å². The van der Waals surface area contributed by atoms with Crippen molar-refractivity contribution in [3.63, 3.8) is 0 Å². The number of halogens is 2. The minimum atomic E-state index is -0.190. The Morgan fingerprint density at radius 2 is 1.32 bits per heavy atom. The summed E-state index contributed by atoms with van der Waals surface area (Å²) in [4.78, 5) is 0. The fourth-order valence-electron chi connectivity index (χ4n) is 4.76. The van der Waals surface area contributed by atoms with Gasteiger partial charge in [-0.2, -0.15) is 17.5 Å². The van der Waals surface area contributed by atoms with Crippen LogP contribution in [-0.2, 0) is 26.2 Å². The van der Waals surface area contributed by atoms with E-state index in [9.17, 15) is 0 Å². The first-order valence-electron chi connectivity index (χ1n) is 12.4. The van der Waals surface area contributed by atoms with Gasteiger partial charge in [0.25, 0.3) is 0 Å². The van der Waals surface area contributed by atoms with Crippen LogP contribution in [0.4, 0.5) is 0 Å². The van der Waals surface area contributed by atoms with E-state index in [4.69, 9.17) is 0 Å². The molecule has 1 aliphatic carbocycles. The summed E-state index contributed by atoms with van der Waals surface area (Å²) in [6.45, 7) is 18.4. The minimum Gasteiger partial charge on any atom is -1.00 e. The van der Waals surface area contributed by atoms with E-state index < -0.39 is 0 Å². The summed E-state index contributed by atoms with van der Waals surface area (Å²) in [5.74, 6) is 0.584. The number of fused-ring (bicyclic) bond motifs is 2. The second-order valence-corrected chi connectivity index (χ2v) is 12.7. The standard InChI is InChI=1S/C13H13.C11H19Si.C9H7.2ClH.Zr/c1-10(2)12-8-7-11-5-3-4-6-13(11)9-12;1-7-8(2)10(4)11(9(7)3)12(5)6;1-2-5-9-7-3-6-8(9)4-1;;;/h3-6,8-10H,1-2H3;11H,1-6H3;1-7H;2*1H;/q-1;;-1;;;+4/p-2.